The minimum atomic E-state index is -3.82. The van der Waals surface area contributed by atoms with Crippen LogP contribution in [0.15, 0.2) is 40.3 Å². The molecule has 50 heavy (non-hydrogen) atoms. The number of sulfonamides is 1. The summed E-state index contributed by atoms with van der Waals surface area (Å²) < 4.78 is 34.5. The lowest BCUT2D eigenvalue weighted by molar-refractivity contribution is 0.0779. The molecular weight excluding hydrogens is 661 g/mol. The molecular formula is C35H54N8O6S. The fourth-order valence-corrected chi connectivity index (χ4v) is 8.48. The number of benzene rings is 1. The highest BCUT2D eigenvalue weighted by Gasteiger charge is 2.33. The second-order valence-electron chi connectivity index (χ2n) is 13.9. The Morgan fingerprint density at radius 3 is 2.14 bits per heavy atom. The number of nitrogens with zero attached hydrogens (tertiary/aromatic N) is 3. The van der Waals surface area contributed by atoms with Gasteiger partial charge >= 0.3 is 18.2 Å². The van der Waals surface area contributed by atoms with Gasteiger partial charge in [-0.2, -0.15) is 0 Å². The molecule has 3 heterocycles. The van der Waals surface area contributed by atoms with Crippen LogP contribution < -0.4 is 21.1 Å². The first-order chi connectivity index (χ1) is 24.1. The molecule has 14 nitrogen and oxygen atoms in total. The summed E-state index contributed by atoms with van der Waals surface area (Å²) in [6.45, 7) is 4.78. The Balaban J connectivity index is 1.14. The van der Waals surface area contributed by atoms with Crippen LogP contribution in [0.5, 0.6) is 0 Å². The molecule has 15 heteroatoms. The third-order valence-corrected chi connectivity index (χ3v) is 12.0. The Kier molecular flexibility index (Phi) is 13.5. The number of carbonyl (C=O) groups is 3. The average Bonchev–Trinajstić information content (AvgIpc) is 3.11. The molecule has 0 bridgehead atoms. The van der Waals surface area contributed by atoms with Gasteiger partial charge in [0.2, 0.25) is 10.0 Å². The van der Waals surface area contributed by atoms with E-state index in [0.29, 0.717) is 44.1 Å². The minimum absolute atomic E-state index is 0.0938. The van der Waals surface area contributed by atoms with E-state index in [0.717, 1.165) is 76.5 Å². The van der Waals surface area contributed by atoms with Crippen LogP contribution in [0.4, 0.5) is 14.4 Å². The third-order valence-electron chi connectivity index (χ3n) is 10.6. The van der Waals surface area contributed by atoms with Crippen LogP contribution in [0.3, 0.4) is 0 Å². The van der Waals surface area contributed by atoms with Gasteiger partial charge in [0.15, 0.2) is 0 Å². The quantitative estimate of drug-likeness (QED) is 0.117. The lowest BCUT2D eigenvalue weighted by Gasteiger charge is -2.37. The van der Waals surface area contributed by atoms with Crippen LogP contribution in [0, 0.1) is 17.2 Å². The van der Waals surface area contributed by atoms with Crippen LogP contribution in [0.1, 0.15) is 76.2 Å². The molecule has 1 aromatic rings. The number of piperazine rings is 1. The number of carbonyl (C=O) groups excluding carboxylic acids is 3. The zero-order valence-corrected chi connectivity index (χ0v) is 29.9. The van der Waals surface area contributed by atoms with Crippen molar-refractivity contribution in [1.82, 2.24) is 30.1 Å². The topological polar surface area (TPSA) is 190 Å². The van der Waals surface area contributed by atoms with Gasteiger partial charge in [0, 0.05) is 57.9 Å². The molecule has 1 atom stereocenters. The number of nitrogens with two attached hydrogens (primary N) is 1. The highest BCUT2D eigenvalue weighted by molar-refractivity contribution is 7.89. The first kappa shape index (κ1) is 37.6. The Bertz CT molecular complexity index is 1480. The highest BCUT2D eigenvalue weighted by atomic mass is 32.2. The number of nitrogen functional groups attached to an aromatic ring is 1. The summed E-state index contributed by atoms with van der Waals surface area (Å²) in [5, 5.41) is 13.9. The zero-order valence-electron chi connectivity index (χ0n) is 29.1. The van der Waals surface area contributed by atoms with Gasteiger partial charge in [-0.15, -0.1) is 0 Å². The first-order valence-corrected chi connectivity index (χ1v) is 19.7. The molecule has 276 valence electrons. The molecule has 0 spiro atoms. The third kappa shape index (κ3) is 10.4. The number of piperidine rings is 2. The predicted molar refractivity (Wildman–Crippen MR) is 190 cm³/mol. The molecule has 0 radical (unpaired) electrons. The maximum absolute atomic E-state index is 13.3. The van der Waals surface area contributed by atoms with E-state index in [1.807, 2.05) is 0 Å². The molecule has 4 aliphatic rings. The fourth-order valence-electron chi connectivity index (χ4n) is 7.40. The molecule has 6 N–H and O–H groups in total. The molecule has 3 saturated heterocycles. The van der Waals surface area contributed by atoms with Gasteiger partial charge in [0.25, 0.3) is 0 Å². The second kappa shape index (κ2) is 18.0. The van der Waals surface area contributed by atoms with Gasteiger partial charge in [0.1, 0.15) is 5.84 Å². The molecule has 4 amide bonds. The number of likely N-dealkylation sites (tertiary alicyclic amines) is 1. The molecule has 1 aromatic carbocycles. The van der Waals surface area contributed by atoms with E-state index in [-0.39, 0.29) is 48.9 Å². The summed E-state index contributed by atoms with van der Waals surface area (Å²) in [7, 11) is -3.82. The largest absolute Gasteiger partial charge is 0.419 e. The van der Waals surface area contributed by atoms with Gasteiger partial charge in [-0.3, -0.25) is 5.41 Å². The molecule has 0 aromatic heterocycles. The molecule has 1 unspecified atom stereocenters. The Morgan fingerprint density at radius 1 is 0.860 bits per heavy atom. The second-order valence-corrected chi connectivity index (χ2v) is 15.7. The zero-order chi connectivity index (χ0) is 35.5. The van der Waals surface area contributed by atoms with Gasteiger partial charge in [-0.1, -0.05) is 24.8 Å². The molecule has 5 rings (SSSR count). The SMILES string of the molecule is N=C(N)c1ccc(S(=O)(=O)NCC2CCN(C(=O)OC(=O)N3CCN(C(=O)NCCC4CCNCC4)CC3)CC2=C2CCCCCCC2)cc1. The maximum Gasteiger partial charge on any atom is 0.419 e. The number of nitrogens with one attached hydrogen (secondary N) is 4. The Hall–Kier alpha value is -3.69. The lowest BCUT2D eigenvalue weighted by atomic mass is 9.83. The first-order valence-electron chi connectivity index (χ1n) is 18.2. The Labute approximate surface area is 296 Å². The van der Waals surface area contributed by atoms with Gasteiger partial charge in [-0.25, -0.2) is 27.5 Å². The lowest BCUT2D eigenvalue weighted by Crippen LogP contribution is -2.54. The highest BCUT2D eigenvalue weighted by Crippen LogP contribution is 2.33. The van der Waals surface area contributed by atoms with Gasteiger partial charge < -0.3 is 35.8 Å². The number of allylic oxidation sites excluding steroid dienone is 1. The molecule has 4 fully saturated rings. The van der Waals surface area contributed by atoms with Crippen molar-refractivity contribution in [2.75, 3.05) is 65.4 Å². The number of amides is 4. The van der Waals surface area contributed by atoms with E-state index in [1.165, 1.54) is 41.2 Å². The van der Waals surface area contributed by atoms with Crippen molar-refractivity contribution in [3.63, 3.8) is 0 Å². The van der Waals surface area contributed by atoms with Gasteiger partial charge in [-0.05, 0) is 106 Å². The summed E-state index contributed by atoms with van der Waals surface area (Å²) in [6.07, 6.45) is 9.71. The maximum atomic E-state index is 13.3. The number of amidine groups is 1. The van der Waals surface area contributed by atoms with Crippen molar-refractivity contribution >= 4 is 34.1 Å². The van der Waals surface area contributed by atoms with Crippen LogP contribution >= 0.6 is 0 Å². The van der Waals surface area contributed by atoms with Crippen molar-refractivity contribution < 1.29 is 27.5 Å². The standard InChI is InChI=1S/C35H54N8O6S/c36-32(37)28-8-10-30(11-9-28)50(47,48)40-24-29-15-19-43(25-31(29)27-6-4-2-1-3-5-7-27)35(46)49-34(45)42-22-20-41(21-23-42)33(44)39-18-14-26-12-16-38-17-13-26/h8-11,26,29,38,40H,1-7,12-25H2,(H3,36,37)(H,39,44). The van der Waals surface area contributed by atoms with Crippen LogP contribution in [0.2, 0.25) is 0 Å². The number of urea groups is 1. The minimum Gasteiger partial charge on any atom is -0.384 e. The monoisotopic (exact) mass is 714 g/mol. The van der Waals surface area contributed by atoms with Crippen LogP contribution in [-0.4, -0.2) is 113 Å². The van der Waals surface area contributed by atoms with E-state index in [9.17, 15) is 22.8 Å². The normalized spacial score (nSPS) is 21.3. The van der Waals surface area contributed by atoms with E-state index >= 15 is 0 Å². The number of ether oxygens (including phenoxy) is 1. The number of hydrogen-bond acceptors (Lipinski definition) is 8. The van der Waals surface area contributed by atoms with Crippen LogP contribution in [0.25, 0.3) is 0 Å². The van der Waals surface area contributed by atoms with E-state index in [2.05, 4.69) is 15.4 Å². The fraction of sp³-hybridized carbons (Fsp3) is 0.657. The van der Waals surface area contributed by atoms with Gasteiger partial charge in [0.05, 0.1) is 4.90 Å². The number of hydrogen-bond donors (Lipinski definition) is 5. The summed E-state index contributed by atoms with van der Waals surface area (Å²) in [5.74, 6) is 0.395. The predicted octanol–water partition coefficient (Wildman–Crippen LogP) is 3.59. The molecule has 1 aliphatic carbocycles. The molecule has 1 saturated carbocycles. The van der Waals surface area contributed by atoms with Crippen molar-refractivity contribution in [3.8, 4) is 0 Å². The van der Waals surface area contributed by atoms with E-state index in [4.69, 9.17) is 15.9 Å². The number of rotatable bonds is 8. The summed E-state index contributed by atoms with van der Waals surface area (Å²) >= 11 is 0. The smallest absolute Gasteiger partial charge is 0.384 e. The van der Waals surface area contributed by atoms with Crippen LogP contribution in [-0.2, 0) is 14.8 Å². The summed E-state index contributed by atoms with van der Waals surface area (Å²) in [6, 6.07) is 5.77. The summed E-state index contributed by atoms with van der Waals surface area (Å²) in [5.41, 5.74) is 8.29. The summed E-state index contributed by atoms with van der Waals surface area (Å²) in [4.78, 5) is 43.9. The van der Waals surface area contributed by atoms with Crippen molar-refractivity contribution in [3.05, 3.63) is 41.0 Å². The Morgan fingerprint density at radius 2 is 1.48 bits per heavy atom. The van der Waals surface area contributed by atoms with Crippen molar-refractivity contribution in [2.45, 2.75) is 75.5 Å². The average molecular weight is 715 g/mol. The van der Waals surface area contributed by atoms with Crippen molar-refractivity contribution in [1.29, 1.82) is 5.41 Å². The van der Waals surface area contributed by atoms with Crippen molar-refractivity contribution in [2.24, 2.45) is 17.6 Å². The van der Waals surface area contributed by atoms with E-state index in [1.54, 1.807) is 9.80 Å². The molecule has 3 aliphatic heterocycles. The van der Waals surface area contributed by atoms with E-state index < -0.39 is 22.2 Å².